The molecule has 0 aromatic carbocycles. The number of ether oxygens (including phenoxy) is 4. The Kier molecular flexibility index (Phi) is 56.7. The van der Waals surface area contributed by atoms with Gasteiger partial charge in [0.2, 0.25) is 0 Å². The van der Waals surface area contributed by atoms with Crippen molar-refractivity contribution in [3.63, 3.8) is 0 Å². The first-order valence-corrected chi connectivity index (χ1v) is 36.3. The molecule has 2 unspecified atom stereocenters. The van der Waals surface area contributed by atoms with Gasteiger partial charge in [-0.05, 0) is 25.7 Å². The molecule has 0 aliphatic rings. The van der Waals surface area contributed by atoms with Crippen molar-refractivity contribution >= 4 is 39.5 Å². The Morgan fingerprint density at radius 3 is 0.720 bits per heavy atom. The number of carbonyl (C=O) groups excluding carboxylic acids is 4. The number of phosphoric ester groups is 2. The number of phosphoric acid groups is 2. The molecule has 0 rings (SSSR count). The van der Waals surface area contributed by atoms with Gasteiger partial charge in [0, 0.05) is 25.7 Å². The summed E-state index contributed by atoms with van der Waals surface area (Å²) in [5.74, 6) is -2.13. The number of rotatable bonds is 64. The van der Waals surface area contributed by atoms with Crippen LogP contribution in [-0.2, 0) is 65.4 Å². The third kappa shape index (κ3) is 57.2. The van der Waals surface area contributed by atoms with Gasteiger partial charge in [-0.2, -0.15) is 0 Å². The lowest BCUT2D eigenvalue weighted by Crippen LogP contribution is -2.30. The highest BCUT2D eigenvalue weighted by molar-refractivity contribution is 7.47. The lowest BCUT2D eigenvalue weighted by molar-refractivity contribution is -0.161. The Morgan fingerprint density at radius 1 is 0.293 bits per heavy atom. The third-order valence-electron chi connectivity index (χ3n) is 14.6. The molecule has 82 heavy (non-hydrogen) atoms. The normalized spacial score (nSPS) is 14.2. The number of carbonyl (C=O) groups is 4. The van der Waals surface area contributed by atoms with Crippen LogP contribution in [0, 0.1) is 0 Å². The summed E-state index contributed by atoms with van der Waals surface area (Å²) in [5.41, 5.74) is 0. The number of hydrogen-bond acceptors (Lipinski definition) is 15. The molecule has 0 aromatic rings. The van der Waals surface area contributed by atoms with E-state index in [2.05, 4.69) is 27.7 Å². The monoisotopic (exact) mass is 1210 g/mol. The summed E-state index contributed by atoms with van der Waals surface area (Å²) in [6.07, 6.45) is 42.9. The Balaban J connectivity index is 5.22. The van der Waals surface area contributed by atoms with Crippen molar-refractivity contribution in [2.24, 2.45) is 0 Å². The lowest BCUT2D eigenvalue weighted by atomic mass is 10.0. The van der Waals surface area contributed by atoms with Crippen LogP contribution in [0.15, 0.2) is 0 Å². The Morgan fingerprint density at radius 2 is 0.488 bits per heavy atom. The molecule has 0 saturated heterocycles. The van der Waals surface area contributed by atoms with E-state index < -0.39 is 97.5 Å². The van der Waals surface area contributed by atoms with Crippen LogP contribution in [0.5, 0.6) is 0 Å². The maximum Gasteiger partial charge on any atom is 0.472 e. The van der Waals surface area contributed by atoms with E-state index in [1.807, 2.05) is 0 Å². The summed E-state index contributed by atoms with van der Waals surface area (Å²) in [6, 6.07) is 0. The summed E-state index contributed by atoms with van der Waals surface area (Å²) in [5, 5.41) is 10.5. The van der Waals surface area contributed by atoms with E-state index in [1.54, 1.807) is 0 Å². The molecule has 0 radical (unpaired) electrons. The van der Waals surface area contributed by atoms with Gasteiger partial charge in [-0.1, -0.05) is 272 Å². The van der Waals surface area contributed by atoms with E-state index in [1.165, 1.54) is 154 Å². The van der Waals surface area contributed by atoms with Gasteiger partial charge in [-0.15, -0.1) is 0 Å². The summed E-state index contributed by atoms with van der Waals surface area (Å²) < 4.78 is 67.9. The topological polar surface area (TPSA) is 237 Å². The minimum absolute atomic E-state index is 0.106. The maximum absolute atomic E-state index is 13.0. The third-order valence-corrected chi connectivity index (χ3v) is 16.5. The number of hydrogen-bond donors (Lipinski definition) is 3. The van der Waals surface area contributed by atoms with Crippen LogP contribution in [0.4, 0.5) is 0 Å². The highest BCUT2D eigenvalue weighted by Gasteiger charge is 2.30. The molecular formula is C63H122O17P2. The molecule has 0 heterocycles. The van der Waals surface area contributed by atoms with Gasteiger partial charge in [0.15, 0.2) is 12.2 Å². The van der Waals surface area contributed by atoms with Crippen LogP contribution in [0.3, 0.4) is 0 Å². The van der Waals surface area contributed by atoms with Crippen molar-refractivity contribution in [2.75, 3.05) is 39.6 Å². The number of unbranched alkanes of at least 4 members (excludes halogenated alkanes) is 38. The molecule has 0 fully saturated rings. The van der Waals surface area contributed by atoms with Gasteiger partial charge in [0.25, 0.3) is 0 Å². The molecule has 0 aliphatic heterocycles. The fraction of sp³-hybridized carbons (Fsp3) is 0.937. The zero-order chi connectivity index (χ0) is 60.5. The van der Waals surface area contributed by atoms with E-state index in [0.29, 0.717) is 25.7 Å². The fourth-order valence-electron chi connectivity index (χ4n) is 9.46. The first kappa shape index (κ1) is 80.1. The SMILES string of the molecule is CCCCCCCCCCCCCCC(=O)OC[C@H](COP(=O)(O)OC[C@@H](O)COP(=O)(O)OC[C@@H](COC(=O)CCCCCCCCCCC)OC(=O)CCCCCCCCCCC)OC(=O)CCCCCCCCCCCCCC. The Bertz CT molecular complexity index is 1590. The van der Waals surface area contributed by atoms with Crippen molar-refractivity contribution in [1.82, 2.24) is 0 Å². The van der Waals surface area contributed by atoms with Gasteiger partial charge in [0.1, 0.15) is 19.3 Å². The predicted octanol–water partition coefficient (Wildman–Crippen LogP) is 17.5. The van der Waals surface area contributed by atoms with E-state index in [4.69, 9.17) is 37.0 Å². The highest BCUT2D eigenvalue weighted by Crippen LogP contribution is 2.45. The van der Waals surface area contributed by atoms with Crippen LogP contribution < -0.4 is 0 Å². The smallest absolute Gasteiger partial charge is 0.462 e. The van der Waals surface area contributed by atoms with E-state index in [-0.39, 0.29) is 25.7 Å². The quantitative estimate of drug-likeness (QED) is 0.0222. The average molecular weight is 1210 g/mol. The number of esters is 4. The molecule has 0 bridgehead atoms. The molecule has 0 saturated carbocycles. The second-order valence-electron chi connectivity index (χ2n) is 22.8. The molecule has 19 heteroatoms. The number of aliphatic hydroxyl groups is 1. The minimum atomic E-state index is -4.94. The van der Waals surface area contributed by atoms with Gasteiger partial charge < -0.3 is 33.8 Å². The second-order valence-corrected chi connectivity index (χ2v) is 25.7. The van der Waals surface area contributed by atoms with E-state index in [9.17, 15) is 43.2 Å². The molecule has 486 valence electrons. The Hall–Kier alpha value is -1.94. The lowest BCUT2D eigenvalue weighted by Gasteiger charge is -2.21. The number of aliphatic hydroxyl groups excluding tert-OH is 1. The van der Waals surface area contributed by atoms with Gasteiger partial charge in [0.05, 0.1) is 26.4 Å². The summed E-state index contributed by atoms with van der Waals surface area (Å²) in [7, 11) is -9.88. The fourth-order valence-corrected chi connectivity index (χ4v) is 11.0. The Labute approximate surface area is 498 Å². The molecule has 0 amide bonds. The van der Waals surface area contributed by atoms with Gasteiger partial charge >= 0.3 is 39.5 Å². The largest absolute Gasteiger partial charge is 0.472 e. The van der Waals surface area contributed by atoms with Gasteiger partial charge in [-0.3, -0.25) is 37.3 Å². The van der Waals surface area contributed by atoms with Crippen LogP contribution >= 0.6 is 15.6 Å². The first-order valence-electron chi connectivity index (χ1n) is 33.3. The van der Waals surface area contributed by atoms with Crippen molar-refractivity contribution in [3.8, 4) is 0 Å². The van der Waals surface area contributed by atoms with Gasteiger partial charge in [-0.25, -0.2) is 9.13 Å². The zero-order valence-corrected chi connectivity index (χ0v) is 54.2. The molecule has 3 N–H and O–H groups in total. The van der Waals surface area contributed by atoms with Crippen molar-refractivity contribution in [1.29, 1.82) is 0 Å². The summed E-state index contributed by atoms with van der Waals surface area (Å²) >= 11 is 0. The van der Waals surface area contributed by atoms with E-state index >= 15 is 0 Å². The van der Waals surface area contributed by atoms with Crippen LogP contribution in [0.2, 0.25) is 0 Å². The zero-order valence-electron chi connectivity index (χ0n) is 52.5. The predicted molar refractivity (Wildman–Crippen MR) is 326 cm³/mol. The van der Waals surface area contributed by atoms with E-state index in [0.717, 1.165) is 89.9 Å². The first-order chi connectivity index (χ1) is 39.7. The van der Waals surface area contributed by atoms with Crippen molar-refractivity contribution in [2.45, 2.75) is 341 Å². The molecule has 5 atom stereocenters. The van der Waals surface area contributed by atoms with Crippen molar-refractivity contribution < 1.29 is 80.2 Å². The van der Waals surface area contributed by atoms with Crippen LogP contribution in [0.1, 0.15) is 323 Å². The molecule has 0 aliphatic carbocycles. The standard InChI is InChI=1S/C63H122O17P2/c1-5-9-13-17-21-25-27-29-33-36-40-44-48-61(66)74-54-59(80-63(68)50-46-42-38-34-30-28-26-22-18-14-10-6-2)56-78-82(71,72)76-52-57(64)51-75-81(69,70)77-55-58(79-62(67)49-45-41-37-32-24-20-16-12-8-4)53-73-60(65)47-43-39-35-31-23-19-15-11-7-3/h57-59,64H,5-56H2,1-4H3,(H,69,70)(H,71,72)/t57-,58+,59+/m0/s1. The molecule has 17 nitrogen and oxygen atoms in total. The minimum Gasteiger partial charge on any atom is -0.462 e. The molecule has 0 spiro atoms. The molecular weight excluding hydrogens is 1090 g/mol. The molecule has 0 aromatic heterocycles. The average Bonchev–Trinajstić information content (AvgIpc) is 3.47. The highest BCUT2D eigenvalue weighted by atomic mass is 31.2. The van der Waals surface area contributed by atoms with Crippen LogP contribution in [0.25, 0.3) is 0 Å². The summed E-state index contributed by atoms with van der Waals surface area (Å²) in [6.45, 7) is 4.86. The summed E-state index contributed by atoms with van der Waals surface area (Å²) in [4.78, 5) is 72.1. The van der Waals surface area contributed by atoms with Crippen molar-refractivity contribution in [3.05, 3.63) is 0 Å². The van der Waals surface area contributed by atoms with Crippen LogP contribution in [-0.4, -0.2) is 96.7 Å². The maximum atomic E-state index is 13.0. The second kappa shape index (κ2) is 58.1.